The quantitative estimate of drug-likeness (QED) is 0.928. The number of hydrogen-bond donors (Lipinski definition) is 1. The third kappa shape index (κ3) is 4.43. The van der Waals surface area contributed by atoms with Crippen LogP contribution in [0.5, 0.6) is 5.75 Å². The largest absolute Gasteiger partial charge is 0.483 e. The van der Waals surface area contributed by atoms with Crippen LogP contribution in [0, 0.1) is 5.82 Å². The number of rotatable bonds is 4. The van der Waals surface area contributed by atoms with E-state index in [-0.39, 0.29) is 24.4 Å². The summed E-state index contributed by atoms with van der Waals surface area (Å²) in [6, 6.07) is 3.86. The Kier molecular flexibility index (Phi) is 5.56. The molecule has 4 nitrogen and oxygen atoms in total. The van der Waals surface area contributed by atoms with Crippen molar-refractivity contribution in [3.8, 4) is 5.75 Å². The zero-order valence-corrected chi connectivity index (χ0v) is 12.5. The lowest BCUT2D eigenvalue weighted by atomic mass is 10.1. The third-order valence-corrected chi connectivity index (χ3v) is 3.77. The highest BCUT2D eigenvalue weighted by Crippen LogP contribution is 2.24. The van der Waals surface area contributed by atoms with E-state index in [1.807, 2.05) is 4.90 Å². The van der Waals surface area contributed by atoms with Gasteiger partial charge in [0.25, 0.3) is 5.91 Å². The maximum absolute atomic E-state index is 13.3. The maximum Gasteiger partial charge on any atom is 0.260 e. The van der Waals surface area contributed by atoms with Crippen LogP contribution in [0.15, 0.2) is 18.2 Å². The van der Waals surface area contributed by atoms with E-state index in [1.165, 1.54) is 31.0 Å². The molecule has 1 saturated heterocycles. The summed E-state index contributed by atoms with van der Waals surface area (Å²) in [5.74, 6) is 0.111. The molecule has 2 N–H and O–H groups in total. The van der Waals surface area contributed by atoms with Crippen LogP contribution in [0.2, 0.25) is 0 Å². The van der Waals surface area contributed by atoms with E-state index in [9.17, 15) is 9.18 Å². The predicted octanol–water partition coefficient (Wildman–Crippen LogP) is 2.63. The fourth-order valence-corrected chi connectivity index (χ4v) is 2.56. The number of benzene rings is 1. The van der Waals surface area contributed by atoms with Crippen LogP contribution in [0.1, 0.15) is 44.2 Å². The molecular formula is C16H23FN2O2. The van der Waals surface area contributed by atoms with Gasteiger partial charge in [0.15, 0.2) is 6.61 Å². The summed E-state index contributed by atoms with van der Waals surface area (Å²) in [5.41, 5.74) is 6.39. The molecule has 1 aromatic carbocycles. The molecule has 2 rings (SSSR count). The summed E-state index contributed by atoms with van der Waals surface area (Å²) in [6.07, 6.45) is 4.45. The van der Waals surface area contributed by atoms with Crippen molar-refractivity contribution >= 4 is 5.91 Å². The number of likely N-dealkylation sites (tertiary alicyclic amines) is 1. The number of halogens is 1. The van der Waals surface area contributed by atoms with Crippen LogP contribution in [-0.4, -0.2) is 30.5 Å². The monoisotopic (exact) mass is 294 g/mol. The van der Waals surface area contributed by atoms with Gasteiger partial charge < -0.3 is 15.4 Å². The predicted molar refractivity (Wildman–Crippen MR) is 79.5 cm³/mol. The first-order valence-corrected chi connectivity index (χ1v) is 7.53. The summed E-state index contributed by atoms with van der Waals surface area (Å²) >= 11 is 0. The molecule has 1 heterocycles. The number of ether oxygens (including phenoxy) is 1. The average Bonchev–Trinajstić information content (AvgIpc) is 2.74. The molecular weight excluding hydrogens is 271 g/mol. The smallest absolute Gasteiger partial charge is 0.260 e. The summed E-state index contributed by atoms with van der Waals surface area (Å²) in [7, 11) is 0. The number of nitrogens with two attached hydrogens (primary N) is 1. The number of amides is 1. The minimum Gasteiger partial charge on any atom is -0.483 e. The SMILES string of the molecule is CC(N)c1cc(F)ccc1OCC(=O)N1CCCCCC1. The second kappa shape index (κ2) is 7.41. The molecule has 1 aliphatic heterocycles. The summed E-state index contributed by atoms with van der Waals surface area (Å²) in [4.78, 5) is 14.0. The van der Waals surface area contributed by atoms with Gasteiger partial charge in [-0.2, -0.15) is 0 Å². The molecule has 0 radical (unpaired) electrons. The Morgan fingerprint density at radius 3 is 2.62 bits per heavy atom. The van der Waals surface area contributed by atoms with Crippen molar-refractivity contribution in [1.82, 2.24) is 4.90 Å². The fourth-order valence-electron chi connectivity index (χ4n) is 2.56. The second-order valence-corrected chi connectivity index (χ2v) is 5.55. The Labute approximate surface area is 125 Å². The highest BCUT2D eigenvalue weighted by molar-refractivity contribution is 5.77. The van der Waals surface area contributed by atoms with E-state index >= 15 is 0 Å². The van der Waals surface area contributed by atoms with Crippen LogP contribution in [-0.2, 0) is 4.79 Å². The Hall–Kier alpha value is -1.62. The Balaban J connectivity index is 1.97. The lowest BCUT2D eigenvalue weighted by Gasteiger charge is -2.21. The first kappa shape index (κ1) is 15.8. The minimum absolute atomic E-state index is 0.0168. The van der Waals surface area contributed by atoms with Gasteiger partial charge in [-0.3, -0.25) is 4.79 Å². The zero-order valence-electron chi connectivity index (χ0n) is 12.5. The molecule has 1 aromatic rings. The van der Waals surface area contributed by atoms with Crippen LogP contribution in [0.3, 0.4) is 0 Å². The lowest BCUT2D eigenvalue weighted by Crippen LogP contribution is -2.35. The standard InChI is InChI=1S/C16H23FN2O2/c1-12(18)14-10-13(17)6-7-15(14)21-11-16(20)19-8-4-2-3-5-9-19/h6-7,10,12H,2-5,8-9,11,18H2,1H3. The molecule has 0 aliphatic carbocycles. The molecule has 0 aromatic heterocycles. The van der Waals surface area contributed by atoms with Gasteiger partial charge in [0.2, 0.25) is 0 Å². The van der Waals surface area contributed by atoms with Crippen LogP contribution in [0.4, 0.5) is 4.39 Å². The molecule has 1 fully saturated rings. The molecule has 116 valence electrons. The molecule has 21 heavy (non-hydrogen) atoms. The Morgan fingerprint density at radius 1 is 1.33 bits per heavy atom. The van der Waals surface area contributed by atoms with E-state index in [0.717, 1.165) is 25.9 Å². The van der Waals surface area contributed by atoms with Crippen LogP contribution in [0.25, 0.3) is 0 Å². The van der Waals surface area contributed by atoms with E-state index in [2.05, 4.69) is 0 Å². The van der Waals surface area contributed by atoms with E-state index < -0.39 is 0 Å². The van der Waals surface area contributed by atoms with Gasteiger partial charge in [-0.15, -0.1) is 0 Å². The molecule has 0 saturated carbocycles. The Morgan fingerprint density at radius 2 is 2.00 bits per heavy atom. The number of carbonyl (C=O) groups excluding carboxylic acids is 1. The van der Waals surface area contributed by atoms with Gasteiger partial charge in [-0.25, -0.2) is 4.39 Å². The summed E-state index contributed by atoms with van der Waals surface area (Å²) in [6.45, 7) is 3.33. The maximum atomic E-state index is 13.3. The van der Waals surface area contributed by atoms with Crippen LogP contribution < -0.4 is 10.5 Å². The average molecular weight is 294 g/mol. The molecule has 0 spiro atoms. The van der Waals surface area contributed by atoms with Crippen molar-refractivity contribution in [3.63, 3.8) is 0 Å². The van der Waals surface area contributed by atoms with Gasteiger partial charge in [-0.05, 0) is 38.0 Å². The first-order valence-electron chi connectivity index (χ1n) is 7.53. The molecule has 1 atom stereocenters. The van der Waals surface area contributed by atoms with E-state index in [1.54, 1.807) is 6.92 Å². The van der Waals surface area contributed by atoms with Gasteiger partial charge in [-0.1, -0.05) is 12.8 Å². The fraction of sp³-hybridized carbons (Fsp3) is 0.562. The molecule has 0 bridgehead atoms. The van der Waals surface area contributed by atoms with Gasteiger partial charge >= 0.3 is 0 Å². The third-order valence-electron chi connectivity index (χ3n) is 3.77. The van der Waals surface area contributed by atoms with E-state index in [0.29, 0.717) is 11.3 Å². The lowest BCUT2D eigenvalue weighted by molar-refractivity contribution is -0.133. The number of carbonyl (C=O) groups is 1. The van der Waals surface area contributed by atoms with Gasteiger partial charge in [0.1, 0.15) is 11.6 Å². The van der Waals surface area contributed by atoms with Gasteiger partial charge in [0.05, 0.1) is 0 Å². The van der Waals surface area contributed by atoms with Crippen molar-refractivity contribution in [2.75, 3.05) is 19.7 Å². The molecule has 1 unspecified atom stereocenters. The van der Waals surface area contributed by atoms with Crippen molar-refractivity contribution in [1.29, 1.82) is 0 Å². The molecule has 1 aliphatic rings. The minimum atomic E-state index is -0.353. The zero-order chi connectivity index (χ0) is 15.2. The van der Waals surface area contributed by atoms with Crippen molar-refractivity contribution in [2.24, 2.45) is 5.73 Å². The highest BCUT2D eigenvalue weighted by atomic mass is 19.1. The summed E-state index contributed by atoms with van der Waals surface area (Å²) < 4.78 is 18.8. The second-order valence-electron chi connectivity index (χ2n) is 5.55. The normalized spacial score (nSPS) is 17.2. The molecule has 5 heteroatoms. The first-order chi connectivity index (χ1) is 10.1. The van der Waals surface area contributed by atoms with Crippen molar-refractivity contribution in [2.45, 2.75) is 38.6 Å². The van der Waals surface area contributed by atoms with Crippen LogP contribution >= 0.6 is 0 Å². The topological polar surface area (TPSA) is 55.6 Å². The van der Waals surface area contributed by atoms with Crippen molar-refractivity contribution < 1.29 is 13.9 Å². The van der Waals surface area contributed by atoms with Gasteiger partial charge in [0, 0.05) is 24.7 Å². The van der Waals surface area contributed by atoms with E-state index in [4.69, 9.17) is 10.5 Å². The highest BCUT2D eigenvalue weighted by Gasteiger charge is 2.17. The van der Waals surface area contributed by atoms with Crippen molar-refractivity contribution in [3.05, 3.63) is 29.6 Å². The number of hydrogen-bond acceptors (Lipinski definition) is 3. The number of nitrogens with zero attached hydrogens (tertiary/aromatic N) is 1. The Bertz CT molecular complexity index is 483. The molecule has 1 amide bonds. The summed E-state index contributed by atoms with van der Waals surface area (Å²) in [5, 5.41) is 0.